The Hall–Kier alpha value is -3.04. The quantitative estimate of drug-likeness (QED) is 0.641. The van der Waals surface area contributed by atoms with Gasteiger partial charge in [-0.25, -0.2) is 4.98 Å². The highest BCUT2D eigenvalue weighted by atomic mass is 19.4. The maximum absolute atomic E-state index is 13.3. The van der Waals surface area contributed by atoms with Crippen molar-refractivity contribution >= 4 is 23.4 Å². The highest BCUT2D eigenvalue weighted by Crippen LogP contribution is 2.31. The predicted octanol–water partition coefficient (Wildman–Crippen LogP) is 4.17. The first-order valence-corrected chi connectivity index (χ1v) is 11.1. The van der Waals surface area contributed by atoms with Gasteiger partial charge in [0.25, 0.3) is 5.91 Å². The van der Waals surface area contributed by atoms with E-state index in [1.54, 1.807) is 24.1 Å². The predicted molar refractivity (Wildman–Crippen MR) is 124 cm³/mol. The molecule has 3 rings (SSSR count). The summed E-state index contributed by atoms with van der Waals surface area (Å²) >= 11 is 0. The van der Waals surface area contributed by atoms with E-state index in [1.165, 1.54) is 0 Å². The fourth-order valence-electron chi connectivity index (χ4n) is 3.74. The molecule has 0 unspecified atom stereocenters. The molecule has 1 aromatic heterocycles. The van der Waals surface area contributed by atoms with Crippen LogP contribution in [0.2, 0.25) is 0 Å². The van der Waals surface area contributed by atoms with E-state index >= 15 is 0 Å². The van der Waals surface area contributed by atoms with E-state index in [4.69, 9.17) is 0 Å². The summed E-state index contributed by atoms with van der Waals surface area (Å²) in [6, 6.07) is 8.37. The summed E-state index contributed by atoms with van der Waals surface area (Å²) in [5.41, 5.74) is 0.662. The largest absolute Gasteiger partial charge is 0.433 e. The van der Waals surface area contributed by atoms with Gasteiger partial charge >= 0.3 is 6.18 Å². The van der Waals surface area contributed by atoms with E-state index in [0.717, 1.165) is 37.4 Å². The van der Waals surface area contributed by atoms with Crippen molar-refractivity contribution in [2.24, 2.45) is 0 Å². The van der Waals surface area contributed by atoms with Crippen molar-refractivity contribution in [2.75, 3.05) is 42.8 Å². The van der Waals surface area contributed by atoms with Crippen LogP contribution in [-0.4, -0.2) is 55.6 Å². The van der Waals surface area contributed by atoms with E-state index in [-0.39, 0.29) is 29.8 Å². The van der Waals surface area contributed by atoms with Crippen LogP contribution in [0.3, 0.4) is 0 Å². The Morgan fingerprint density at radius 1 is 1.03 bits per heavy atom. The average Bonchev–Trinajstić information content (AvgIpc) is 2.79. The second-order valence-electron chi connectivity index (χ2n) is 8.56. The normalized spacial score (nSPS) is 18.5. The molecule has 7 nitrogen and oxygen atoms in total. The van der Waals surface area contributed by atoms with E-state index in [2.05, 4.69) is 20.6 Å². The topological polar surface area (TPSA) is 73.4 Å². The number of carbonyl (C=O) groups is 1. The number of rotatable bonds is 7. The van der Waals surface area contributed by atoms with Crippen LogP contribution in [0.25, 0.3) is 0 Å². The van der Waals surface area contributed by atoms with Gasteiger partial charge in [-0.15, -0.1) is 0 Å². The summed E-state index contributed by atoms with van der Waals surface area (Å²) in [6.45, 7) is 2.31. The first-order chi connectivity index (χ1) is 15.6. The molecule has 1 fully saturated rings. The Labute approximate surface area is 192 Å². The summed E-state index contributed by atoms with van der Waals surface area (Å²) in [4.78, 5) is 24.0. The van der Waals surface area contributed by atoms with Gasteiger partial charge in [-0.3, -0.25) is 4.79 Å². The number of halogens is 3. The number of hydrogen-bond acceptors (Lipinski definition) is 6. The summed E-state index contributed by atoms with van der Waals surface area (Å²) in [5.74, 6) is 0.0896. The maximum Gasteiger partial charge on any atom is 0.433 e. The van der Waals surface area contributed by atoms with Gasteiger partial charge < -0.3 is 20.4 Å². The third-order valence-corrected chi connectivity index (χ3v) is 5.88. The van der Waals surface area contributed by atoms with Gasteiger partial charge in [-0.05, 0) is 56.9 Å². The number of amides is 1. The number of hydrogen-bond donors (Lipinski definition) is 2. The molecule has 33 heavy (non-hydrogen) atoms. The lowest BCUT2D eigenvalue weighted by Gasteiger charge is -2.30. The minimum Gasteiger partial charge on any atom is -0.378 e. The van der Waals surface area contributed by atoms with Crippen LogP contribution in [-0.2, 0) is 6.18 Å². The second-order valence-corrected chi connectivity index (χ2v) is 8.56. The van der Waals surface area contributed by atoms with E-state index in [1.807, 2.05) is 38.1 Å². The van der Waals surface area contributed by atoms with Gasteiger partial charge in [0.2, 0.25) is 5.95 Å². The van der Waals surface area contributed by atoms with E-state index in [9.17, 15) is 18.0 Å². The molecule has 0 radical (unpaired) electrons. The number of alkyl halides is 3. The molecule has 0 atom stereocenters. The number of aromatic nitrogens is 2. The summed E-state index contributed by atoms with van der Waals surface area (Å²) in [6.07, 6.45) is -1.64. The molecular weight excluding hydrogens is 433 g/mol. The Morgan fingerprint density at radius 3 is 2.18 bits per heavy atom. The van der Waals surface area contributed by atoms with E-state index in [0.29, 0.717) is 12.1 Å². The third kappa shape index (κ3) is 6.49. The van der Waals surface area contributed by atoms with Crippen molar-refractivity contribution in [3.05, 3.63) is 41.6 Å². The monoisotopic (exact) mass is 464 g/mol. The highest BCUT2D eigenvalue weighted by Gasteiger charge is 2.34. The third-order valence-electron chi connectivity index (χ3n) is 5.88. The van der Waals surface area contributed by atoms with Crippen LogP contribution in [0, 0.1) is 0 Å². The minimum absolute atomic E-state index is 0.0201. The smallest absolute Gasteiger partial charge is 0.378 e. The van der Waals surface area contributed by atoms with Gasteiger partial charge in [0.1, 0.15) is 5.82 Å². The van der Waals surface area contributed by atoms with Crippen molar-refractivity contribution in [3.63, 3.8) is 0 Å². The van der Waals surface area contributed by atoms with Crippen molar-refractivity contribution in [3.8, 4) is 0 Å². The van der Waals surface area contributed by atoms with Gasteiger partial charge in [-0.1, -0.05) is 0 Å². The zero-order valence-corrected chi connectivity index (χ0v) is 19.4. The maximum atomic E-state index is 13.3. The van der Waals surface area contributed by atoms with Crippen LogP contribution in [0.5, 0.6) is 0 Å². The van der Waals surface area contributed by atoms with Crippen molar-refractivity contribution in [1.82, 2.24) is 15.3 Å². The molecular formula is C23H31F3N6O. The van der Waals surface area contributed by atoms with Crippen LogP contribution in [0.1, 0.15) is 48.7 Å². The Kier molecular flexibility index (Phi) is 7.65. The molecule has 1 aliphatic rings. The molecule has 1 heterocycles. The number of nitrogens with zero attached hydrogens (tertiary/aromatic N) is 4. The van der Waals surface area contributed by atoms with Gasteiger partial charge in [0.05, 0.1) is 0 Å². The minimum atomic E-state index is -4.55. The molecule has 1 saturated carbocycles. The molecule has 2 aromatic rings. The molecule has 0 bridgehead atoms. The van der Waals surface area contributed by atoms with Crippen LogP contribution in [0.15, 0.2) is 30.3 Å². The molecule has 2 N–H and O–H groups in total. The molecule has 10 heteroatoms. The number of nitrogens with one attached hydrogen (secondary N) is 2. The Bertz CT molecular complexity index is 940. The van der Waals surface area contributed by atoms with Crippen LogP contribution >= 0.6 is 0 Å². The van der Waals surface area contributed by atoms with Crippen molar-refractivity contribution < 1.29 is 18.0 Å². The summed E-state index contributed by atoms with van der Waals surface area (Å²) in [5, 5.41) is 6.21. The fourth-order valence-corrected chi connectivity index (χ4v) is 3.74. The standard InChI is InChI=1S/C23H31F3N6O/c1-5-32(4)22-29-19(23(24,25)26)14-20(30-22)27-16-8-10-17(11-9-16)28-21(33)15-6-12-18(13-7-15)31(2)3/h6-7,12-14,16-17H,5,8-11H2,1-4H3,(H,28,33)(H,27,29,30). The molecule has 180 valence electrons. The van der Waals surface area contributed by atoms with Gasteiger partial charge in [0.15, 0.2) is 5.69 Å². The Morgan fingerprint density at radius 2 is 1.64 bits per heavy atom. The average molecular weight is 465 g/mol. The first-order valence-electron chi connectivity index (χ1n) is 11.1. The Balaban J connectivity index is 1.58. The lowest BCUT2D eigenvalue weighted by atomic mass is 9.91. The van der Waals surface area contributed by atoms with Crippen molar-refractivity contribution in [2.45, 2.75) is 50.9 Å². The molecule has 0 saturated heterocycles. The lowest BCUT2D eigenvalue weighted by molar-refractivity contribution is -0.141. The van der Waals surface area contributed by atoms with Gasteiger partial charge in [-0.2, -0.15) is 18.2 Å². The van der Waals surface area contributed by atoms with Crippen molar-refractivity contribution in [1.29, 1.82) is 0 Å². The zero-order chi connectivity index (χ0) is 24.2. The summed E-state index contributed by atoms with van der Waals surface area (Å²) in [7, 11) is 5.53. The number of benzene rings is 1. The van der Waals surface area contributed by atoms with Crippen LogP contribution in [0.4, 0.5) is 30.6 Å². The fraction of sp³-hybridized carbons (Fsp3) is 0.522. The van der Waals surface area contributed by atoms with E-state index < -0.39 is 11.9 Å². The zero-order valence-electron chi connectivity index (χ0n) is 19.4. The first kappa shape index (κ1) is 24.6. The second kappa shape index (κ2) is 10.3. The molecule has 1 aromatic carbocycles. The lowest BCUT2D eigenvalue weighted by Crippen LogP contribution is -2.40. The number of anilines is 3. The SMILES string of the molecule is CCN(C)c1nc(NC2CCC(NC(=O)c3ccc(N(C)C)cc3)CC2)cc(C(F)(F)F)n1. The molecule has 0 aliphatic heterocycles. The molecule has 1 aliphatic carbocycles. The van der Waals surface area contributed by atoms with Crippen LogP contribution < -0.4 is 20.4 Å². The molecule has 1 amide bonds. The molecule has 0 spiro atoms. The van der Waals surface area contributed by atoms with Gasteiger partial charge in [0, 0.05) is 57.1 Å². The highest BCUT2D eigenvalue weighted by molar-refractivity contribution is 5.94. The summed E-state index contributed by atoms with van der Waals surface area (Å²) < 4.78 is 39.9. The number of carbonyl (C=O) groups excluding carboxylic acids is 1.